The molecule has 0 radical (unpaired) electrons. The summed E-state index contributed by atoms with van der Waals surface area (Å²) in [5, 5.41) is 9.85. The molecule has 4 unspecified atom stereocenters. The highest BCUT2D eigenvalue weighted by Crippen LogP contribution is 2.39. The van der Waals surface area contributed by atoms with Gasteiger partial charge in [-0.05, 0) is 59.8 Å². The number of rotatable bonds is 5. The van der Waals surface area contributed by atoms with E-state index in [2.05, 4.69) is 52.7 Å². The van der Waals surface area contributed by atoms with E-state index < -0.39 is 0 Å². The van der Waals surface area contributed by atoms with Gasteiger partial charge < -0.3 is 20.6 Å². The smallest absolute Gasteiger partial charge is 0.0866 e. The number of allylic oxidation sites excluding steroid dienone is 1. The molecule has 7 nitrogen and oxygen atoms in total. The molecule has 1 fully saturated rings. The molecule has 5 aliphatic rings. The number of aromatic nitrogens is 1. The molecule has 7 heteroatoms. The monoisotopic (exact) mass is 456 g/mol. The minimum atomic E-state index is 0.0151. The Bertz CT molecular complexity index is 1090. The molecule has 178 valence electrons. The lowest BCUT2D eigenvalue weighted by Crippen LogP contribution is -2.28. The molecular formula is C27H34N7-. The highest BCUT2D eigenvalue weighted by atomic mass is 15.3. The first-order valence-electron chi connectivity index (χ1n) is 12.8. The van der Waals surface area contributed by atoms with Crippen molar-refractivity contribution < 1.29 is 0 Å². The number of anilines is 1. The van der Waals surface area contributed by atoms with Crippen LogP contribution in [0.2, 0.25) is 0 Å². The summed E-state index contributed by atoms with van der Waals surface area (Å²) in [6, 6.07) is 2.61. The number of pyridine rings is 1. The maximum atomic E-state index is 5.12. The molecule has 4 heterocycles. The third-order valence-electron chi connectivity index (χ3n) is 7.99. The van der Waals surface area contributed by atoms with Gasteiger partial charge in [0.2, 0.25) is 0 Å². The summed E-state index contributed by atoms with van der Waals surface area (Å²) in [6.45, 7) is 0. The highest BCUT2D eigenvalue weighted by Gasteiger charge is 2.34. The summed E-state index contributed by atoms with van der Waals surface area (Å²) in [5.41, 5.74) is 9.25. The van der Waals surface area contributed by atoms with Crippen LogP contribution in [0, 0.1) is 5.92 Å². The van der Waals surface area contributed by atoms with Crippen LogP contribution in [0.25, 0.3) is 5.32 Å². The van der Waals surface area contributed by atoms with Gasteiger partial charge in [0.25, 0.3) is 0 Å². The van der Waals surface area contributed by atoms with Gasteiger partial charge in [-0.25, -0.2) is 0 Å². The van der Waals surface area contributed by atoms with Gasteiger partial charge in [0, 0.05) is 44.7 Å². The van der Waals surface area contributed by atoms with Crippen molar-refractivity contribution in [2.45, 2.75) is 75.4 Å². The molecule has 1 aromatic heterocycles. The topological polar surface area (TPSA) is 79.3 Å². The summed E-state index contributed by atoms with van der Waals surface area (Å²) in [6.07, 6.45) is 20.3. The first-order valence-corrected chi connectivity index (χ1v) is 12.8. The third-order valence-corrected chi connectivity index (χ3v) is 7.99. The molecule has 3 aliphatic heterocycles. The SMILES string of the molecule is CN(C)c1cncc(C2C=C3C(C4=NC5C=NC=C(CC6CCCCC6)C5[N-]4)=NNC3CC2)c1. The van der Waals surface area contributed by atoms with Crippen LogP contribution >= 0.6 is 0 Å². The fourth-order valence-electron chi connectivity index (χ4n) is 6.03. The maximum Gasteiger partial charge on any atom is 0.0866 e. The van der Waals surface area contributed by atoms with Crippen LogP contribution < -0.4 is 10.3 Å². The Kier molecular flexibility index (Phi) is 5.71. The number of nitrogens with zero attached hydrogens (tertiary/aromatic N) is 6. The van der Waals surface area contributed by atoms with Gasteiger partial charge in [0.05, 0.1) is 23.6 Å². The van der Waals surface area contributed by atoms with Crippen molar-refractivity contribution in [2.24, 2.45) is 21.0 Å². The number of amidine groups is 1. The van der Waals surface area contributed by atoms with Gasteiger partial charge >= 0.3 is 0 Å². The molecule has 2 aliphatic carbocycles. The van der Waals surface area contributed by atoms with Gasteiger partial charge in [0.1, 0.15) is 0 Å². The molecule has 6 rings (SSSR count). The Hall–Kier alpha value is -2.96. The Morgan fingerprint density at radius 3 is 2.82 bits per heavy atom. The van der Waals surface area contributed by atoms with E-state index in [1.165, 1.54) is 48.8 Å². The second-order valence-electron chi connectivity index (χ2n) is 10.5. The van der Waals surface area contributed by atoms with Crippen molar-refractivity contribution in [3.63, 3.8) is 0 Å². The van der Waals surface area contributed by atoms with Crippen molar-refractivity contribution in [1.82, 2.24) is 10.4 Å². The third kappa shape index (κ3) is 4.05. The summed E-state index contributed by atoms with van der Waals surface area (Å²) in [7, 11) is 4.11. The number of hydrazone groups is 1. The Morgan fingerprint density at radius 2 is 1.97 bits per heavy atom. The van der Waals surface area contributed by atoms with Crippen molar-refractivity contribution in [3.05, 3.63) is 52.8 Å². The van der Waals surface area contributed by atoms with Crippen LogP contribution in [0.15, 0.2) is 57.0 Å². The summed E-state index contributed by atoms with van der Waals surface area (Å²) >= 11 is 0. The lowest BCUT2D eigenvalue weighted by molar-refractivity contribution is 0.352. The molecule has 34 heavy (non-hydrogen) atoms. The number of fused-ring (bicyclic) bond motifs is 2. The van der Waals surface area contributed by atoms with Gasteiger partial charge in [-0.2, -0.15) is 5.10 Å². The number of aliphatic imine (C=N–C) groups is 2. The first-order chi connectivity index (χ1) is 16.7. The van der Waals surface area contributed by atoms with E-state index in [-0.39, 0.29) is 18.1 Å². The minimum absolute atomic E-state index is 0.0151. The standard InChI is InChI=1S/C27H34N7/c1-34(2)21-11-19(13-28-15-21)18-8-9-23-22(12-18)26(33-32-23)27-30-24-16-29-14-20(25(24)31-27)10-17-6-4-3-5-7-17/h11-18,23-25,32H,3-10H2,1-2H3/q-1. The van der Waals surface area contributed by atoms with Crippen molar-refractivity contribution in [2.75, 3.05) is 19.0 Å². The zero-order chi connectivity index (χ0) is 23.1. The molecule has 0 spiro atoms. The lowest BCUT2D eigenvalue weighted by atomic mass is 9.82. The van der Waals surface area contributed by atoms with E-state index in [0.717, 1.165) is 42.4 Å². The molecule has 1 saturated carbocycles. The molecule has 4 atom stereocenters. The van der Waals surface area contributed by atoms with E-state index in [1.54, 1.807) is 0 Å². The van der Waals surface area contributed by atoms with Crippen LogP contribution in [0.4, 0.5) is 5.69 Å². The molecule has 1 aromatic rings. The van der Waals surface area contributed by atoms with Gasteiger partial charge in [-0.15, -0.1) is 0 Å². The largest absolute Gasteiger partial charge is 0.456 e. The lowest BCUT2D eigenvalue weighted by Gasteiger charge is -2.32. The summed E-state index contributed by atoms with van der Waals surface area (Å²) < 4.78 is 0. The molecule has 0 amide bonds. The summed E-state index contributed by atoms with van der Waals surface area (Å²) in [5.74, 6) is 1.90. The van der Waals surface area contributed by atoms with E-state index >= 15 is 0 Å². The van der Waals surface area contributed by atoms with Crippen LogP contribution in [0.3, 0.4) is 0 Å². The first kappa shape index (κ1) is 21.6. The number of hydrogen-bond acceptors (Lipinski definition) is 6. The van der Waals surface area contributed by atoms with Crippen molar-refractivity contribution >= 4 is 23.4 Å². The zero-order valence-corrected chi connectivity index (χ0v) is 20.2. The van der Waals surface area contributed by atoms with Crippen LogP contribution in [0.5, 0.6) is 0 Å². The quantitative estimate of drug-likeness (QED) is 0.695. The predicted octanol–water partition coefficient (Wildman–Crippen LogP) is 4.74. The van der Waals surface area contributed by atoms with E-state index in [1.807, 2.05) is 18.6 Å². The second-order valence-corrected chi connectivity index (χ2v) is 10.5. The van der Waals surface area contributed by atoms with Gasteiger partial charge in [0.15, 0.2) is 0 Å². The Balaban J connectivity index is 1.20. The van der Waals surface area contributed by atoms with Gasteiger partial charge in [-0.3, -0.25) is 9.98 Å². The molecule has 1 N–H and O–H groups in total. The second kappa shape index (κ2) is 9.01. The molecule has 0 saturated heterocycles. The van der Waals surface area contributed by atoms with Crippen LogP contribution in [-0.4, -0.2) is 55.0 Å². The molecule has 0 bridgehead atoms. The number of hydrogen-bond donors (Lipinski definition) is 1. The Labute approximate surface area is 202 Å². The van der Waals surface area contributed by atoms with E-state index in [4.69, 9.17) is 15.4 Å². The average molecular weight is 457 g/mol. The average Bonchev–Trinajstić information content (AvgIpc) is 3.49. The molecular weight excluding hydrogens is 422 g/mol. The van der Waals surface area contributed by atoms with Gasteiger partial charge in [-0.1, -0.05) is 38.2 Å². The normalized spacial score (nSPS) is 30.3. The fraction of sp³-hybridized carbons (Fsp3) is 0.556. The summed E-state index contributed by atoms with van der Waals surface area (Å²) in [4.78, 5) is 16.1. The highest BCUT2D eigenvalue weighted by molar-refractivity contribution is 6.53. The van der Waals surface area contributed by atoms with E-state index in [9.17, 15) is 0 Å². The minimum Gasteiger partial charge on any atom is -0.456 e. The zero-order valence-electron chi connectivity index (χ0n) is 20.2. The number of nitrogens with one attached hydrogen (secondary N) is 1. The van der Waals surface area contributed by atoms with Crippen LogP contribution in [0.1, 0.15) is 62.8 Å². The fourth-order valence-corrected chi connectivity index (χ4v) is 6.03. The van der Waals surface area contributed by atoms with Crippen LogP contribution in [-0.2, 0) is 0 Å². The van der Waals surface area contributed by atoms with E-state index in [0.29, 0.717) is 5.92 Å². The maximum absolute atomic E-state index is 5.12. The molecule has 0 aromatic carbocycles. The Morgan fingerprint density at radius 1 is 1.09 bits per heavy atom. The van der Waals surface area contributed by atoms with Crippen molar-refractivity contribution in [3.8, 4) is 0 Å². The predicted molar refractivity (Wildman–Crippen MR) is 139 cm³/mol. The van der Waals surface area contributed by atoms with Crippen molar-refractivity contribution in [1.29, 1.82) is 0 Å².